The van der Waals surface area contributed by atoms with Crippen molar-refractivity contribution in [2.24, 2.45) is 34.5 Å². The van der Waals surface area contributed by atoms with Crippen molar-refractivity contribution in [1.29, 1.82) is 0 Å². The lowest BCUT2D eigenvalue weighted by Crippen LogP contribution is -2.53. The molecule has 0 saturated heterocycles. The molecule has 1 N–H and O–H groups in total. The van der Waals surface area contributed by atoms with E-state index in [1.54, 1.807) is 5.57 Å². The zero-order chi connectivity index (χ0) is 24.6. The van der Waals surface area contributed by atoms with E-state index in [0.29, 0.717) is 41.8 Å². The van der Waals surface area contributed by atoms with Crippen LogP contribution in [-0.4, -0.2) is 25.5 Å². The maximum Gasteiger partial charge on any atom is 0.364 e. The molecular formula is C28H45FO3Si. The molecule has 33 heavy (non-hydrogen) atoms. The minimum Gasteiger partial charge on any atom is -0.476 e. The van der Waals surface area contributed by atoms with Gasteiger partial charge in [0.25, 0.3) is 0 Å². The van der Waals surface area contributed by atoms with E-state index in [9.17, 15) is 14.3 Å². The predicted octanol–water partition coefficient (Wildman–Crippen LogP) is 7.89. The Labute approximate surface area is 201 Å². The largest absolute Gasteiger partial charge is 0.476 e. The lowest BCUT2D eigenvalue weighted by molar-refractivity contribution is -0.134. The maximum atomic E-state index is 14.6. The lowest BCUT2D eigenvalue weighted by atomic mass is 9.46. The van der Waals surface area contributed by atoms with Crippen LogP contribution in [0.3, 0.4) is 0 Å². The highest BCUT2D eigenvalue weighted by atomic mass is 28.4. The third-order valence-corrected chi connectivity index (χ3v) is 15.4. The van der Waals surface area contributed by atoms with Crippen LogP contribution < -0.4 is 0 Å². The van der Waals surface area contributed by atoms with Gasteiger partial charge in [-0.3, -0.25) is 0 Å². The van der Waals surface area contributed by atoms with Gasteiger partial charge >= 0.3 is 5.97 Å². The first-order valence-electron chi connectivity index (χ1n) is 13.1. The molecule has 2 unspecified atom stereocenters. The van der Waals surface area contributed by atoms with Crippen molar-refractivity contribution >= 4 is 14.3 Å². The number of aliphatic carboxylic acids is 1. The number of hydrogen-bond donors (Lipinski definition) is 1. The number of hydrogen-bond acceptors (Lipinski definition) is 2. The molecule has 3 saturated carbocycles. The molecule has 5 heteroatoms. The van der Waals surface area contributed by atoms with E-state index in [-0.39, 0.29) is 15.9 Å². The number of carboxylic acids is 1. The number of allylic oxidation sites excluding steroid dienone is 2. The maximum absolute atomic E-state index is 14.6. The smallest absolute Gasteiger partial charge is 0.364 e. The molecule has 0 bridgehead atoms. The Morgan fingerprint density at radius 3 is 2.33 bits per heavy atom. The van der Waals surface area contributed by atoms with E-state index in [0.717, 1.165) is 32.1 Å². The van der Waals surface area contributed by atoms with Crippen molar-refractivity contribution in [1.82, 2.24) is 0 Å². The fraction of sp³-hybridized carbons (Fsp3) is 0.821. The van der Waals surface area contributed by atoms with Gasteiger partial charge in [-0.15, -0.1) is 0 Å². The van der Waals surface area contributed by atoms with Gasteiger partial charge < -0.3 is 9.53 Å². The molecule has 0 aromatic rings. The van der Waals surface area contributed by atoms with Crippen LogP contribution in [0.25, 0.3) is 0 Å². The normalized spacial score (nSPS) is 42.7. The topological polar surface area (TPSA) is 46.5 Å². The average molecular weight is 477 g/mol. The van der Waals surface area contributed by atoms with E-state index in [4.69, 9.17) is 4.43 Å². The second-order valence-corrected chi connectivity index (χ2v) is 18.4. The van der Waals surface area contributed by atoms with Crippen LogP contribution in [0.4, 0.5) is 4.39 Å². The van der Waals surface area contributed by atoms with Crippen LogP contribution in [0, 0.1) is 34.5 Å². The van der Waals surface area contributed by atoms with Gasteiger partial charge in [0, 0.05) is 6.10 Å². The summed E-state index contributed by atoms with van der Waals surface area (Å²) in [6.07, 6.45) is 9.72. The van der Waals surface area contributed by atoms with Crippen LogP contribution in [0.15, 0.2) is 23.0 Å². The molecular weight excluding hydrogens is 431 g/mol. The van der Waals surface area contributed by atoms with Crippen molar-refractivity contribution in [2.75, 3.05) is 0 Å². The highest BCUT2D eigenvalue weighted by molar-refractivity contribution is 6.74. The standard InChI is InChI=1S/C28H45FO3Si/c1-17-15-18-16-19(32-33(7,8)26(2,3)4)11-13-27(18,5)21-12-14-28(6)20(23(17)21)9-10-22(28)24(29)25(30)31/h15,17,19-21,23H,9-14,16H2,1-8H3,(H,30,31)/b24-22-/t17?,19?,20-,21-,23-,27-,28-/m0/s1. The van der Waals surface area contributed by atoms with E-state index >= 15 is 0 Å². The first kappa shape index (κ1) is 25.2. The molecule has 4 aliphatic rings. The third-order valence-electron chi connectivity index (χ3n) is 10.9. The molecule has 7 atom stereocenters. The number of halogens is 1. The molecule has 0 spiro atoms. The first-order chi connectivity index (χ1) is 15.1. The van der Waals surface area contributed by atoms with E-state index in [2.05, 4.69) is 60.7 Å². The second kappa shape index (κ2) is 8.04. The highest BCUT2D eigenvalue weighted by Crippen LogP contribution is 2.67. The number of carboxylic acid groups (broad SMARTS) is 1. The third kappa shape index (κ3) is 3.89. The molecule has 0 heterocycles. The minimum atomic E-state index is -1.80. The van der Waals surface area contributed by atoms with Crippen LogP contribution in [0.2, 0.25) is 18.1 Å². The minimum absolute atomic E-state index is 0.198. The van der Waals surface area contributed by atoms with E-state index in [1.807, 2.05) is 0 Å². The Kier molecular flexibility index (Phi) is 6.13. The van der Waals surface area contributed by atoms with Crippen molar-refractivity contribution in [3.8, 4) is 0 Å². The molecule has 0 aromatic carbocycles. The Morgan fingerprint density at radius 1 is 1.12 bits per heavy atom. The molecule has 4 rings (SSSR count). The van der Waals surface area contributed by atoms with Crippen LogP contribution in [-0.2, 0) is 9.22 Å². The summed E-state index contributed by atoms with van der Waals surface area (Å²) in [6.45, 7) is 18.6. The Hall–Kier alpha value is -0.943. The van der Waals surface area contributed by atoms with Crippen molar-refractivity contribution in [3.63, 3.8) is 0 Å². The molecule has 0 radical (unpaired) electrons. The van der Waals surface area contributed by atoms with Gasteiger partial charge in [-0.05, 0) is 103 Å². The SMILES string of the molecule is CC1C=C2CC(O[Si](C)(C)C(C)(C)C)CC[C@]2(C)[C@H]2CC[C@]3(C)/C(=C(\F)C(=O)O)CC[C@H]3[C@H]12. The van der Waals surface area contributed by atoms with Crippen molar-refractivity contribution in [2.45, 2.75) is 111 Å². The predicted molar refractivity (Wildman–Crippen MR) is 134 cm³/mol. The number of rotatable bonds is 3. The van der Waals surface area contributed by atoms with Crippen LogP contribution in [0.5, 0.6) is 0 Å². The van der Waals surface area contributed by atoms with Crippen molar-refractivity contribution in [3.05, 3.63) is 23.0 Å². The Balaban J connectivity index is 1.61. The Morgan fingerprint density at radius 2 is 1.73 bits per heavy atom. The number of fused-ring (bicyclic) bond motifs is 5. The molecule has 0 aromatic heterocycles. The number of carbonyl (C=O) groups is 1. The van der Waals surface area contributed by atoms with Gasteiger partial charge in [0.15, 0.2) is 8.32 Å². The first-order valence-corrected chi connectivity index (χ1v) is 16.0. The molecule has 0 amide bonds. The quantitative estimate of drug-likeness (QED) is 0.256. The van der Waals surface area contributed by atoms with Crippen LogP contribution >= 0.6 is 0 Å². The molecule has 186 valence electrons. The summed E-state index contributed by atoms with van der Waals surface area (Å²) in [4.78, 5) is 11.4. The fourth-order valence-electron chi connectivity index (χ4n) is 7.98. The summed E-state index contributed by atoms with van der Waals surface area (Å²) in [7, 11) is -1.80. The molecule has 4 aliphatic carbocycles. The molecule has 3 fully saturated rings. The zero-order valence-corrected chi connectivity index (χ0v) is 23.1. The summed E-state index contributed by atoms with van der Waals surface area (Å²) in [5, 5.41) is 9.55. The second-order valence-electron chi connectivity index (χ2n) is 13.6. The summed E-state index contributed by atoms with van der Waals surface area (Å²) in [5.74, 6) is -0.336. The summed E-state index contributed by atoms with van der Waals surface area (Å²) < 4.78 is 21.5. The fourth-order valence-corrected chi connectivity index (χ4v) is 9.37. The van der Waals surface area contributed by atoms with Gasteiger partial charge in [0.1, 0.15) is 0 Å². The molecule has 0 aliphatic heterocycles. The highest BCUT2D eigenvalue weighted by Gasteiger charge is 2.60. The van der Waals surface area contributed by atoms with Gasteiger partial charge in [0.05, 0.1) is 0 Å². The van der Waals surface area contributed by atoms with Gasteiger partial charge in [-0.1, -0.05) is 53.2 Å². The lowest BCUT2D eigenvalue weighted by Gasteiger charge is -2.59. The summed E-state index contributed by atoms with van der Waals surface area (Å²) >= 11 is 0. The summed E-state index contributed by atoms with van der Waals surface area (Å²) in [5.41, 5.74) is 2.07. The molecule has 3 nitrogen and oxygen atoms in total. The van der Waals surface area contributed by atoms with Crippen molar-refractivity contribution < 1.29 is 18.7 Å². The zero-order valence-electron chi connectivity index (χ0n) is 22.1. The summed E-state index contributed by atoms with van der Waals surface area (Å²) in [6, 6.07) is 0. The Bertz CT molecular complexity index is 884. The van der Waals surface area contributed by atoms with Gasteiger partial charge in [-0.2, -0.15) is 4.39 Å². The van der Waals surface area contributed by atoms with Crippen LogP contribution in [0.1, 0.15) is 86.5 Å². The van der Waals surface area contributed by atoms with Gasteiger partial charge in [-0.25, -0.2) is 4.79 Å². The van der Waals surface area contributed by atoms with E-state index in [1.165, 1.54) is 6.42 Å². The van der Waals surface area contributed by atoms with E-state index < -0.39 is 20.1 Å². The van der Waals surface area contributed by atoms with Gasteiger partial charge in [0.2, 0.25) is 5.83 Å². The average Bonchev–Trinajstić information content (AvgIpc) is 3.04. The monoisotopic (exact) mass is 476 g/mol.